The van der Waals surface area contributed by atoms with Crippen molar-refractivity contribution in [2.24, 2.45) is 0 Å². The first-order chi connectivity index (χ1) is 10.8. The Labute approximate surface area is 127 Å². The number of nitrogens with zero attached hydrogens (tertiary/aromatic N) is 3. The smallest absolute Gasteiger partial charge is 0.216 e. The zero-order chi connectivity index (χ0) is 15.4. The van der Waals surface area contributed by atoms with Gasteiger partial charge in [0.15, 0.2) is 0 Å². The highest BCUT2D eigenvalue weighted by molar-refractivity contribution is 5.62. The molecule has 0 saturated heterocycles. The maximum absolute atomic E-state index is 11.1. The van der Waals surface area contributed by atoms with Crippen LogP contribution in [0.3, 0.4) is 0 Å². The summed E-state index contributed by atoms with van der Waals surface area (Å²) in [7, 11) is 0. The van der Waals surface area contributed by atoms with Crippen LogP contribution in [0.15, 0.2) is 60.7 Å². The van der Waals surface area contributed by atoms with Gasteiger partial charge in [0.05, 0.1) is 5.92 Å². The van der Waals surface area contributed by atoms with E-state index in [1.165, 1.54) is 0 Å². The number of rotatable bonds is 5. The van der Waals surface area contributed by atoms with Gasteiger partial charge in [-0.15, -0.1) is 0 Å². The third-order valence-electron chi connectivity index (χ3n) is 3.49. The van der Waals surface area contributed by atoms with Gasteiger partial charge in [-0.25, -0.2) is 0 Å². The molecule has 0 radical (unpaired) electrons. The molecule has 0 amide bonds. The second-order valence-electron chi connectivity index (χ2n) is 4.90. The molecular weight excluding hydrogens is 280 g/mol. The van der Waals surface area contributed by atoms with Crippen LogP contribution in [-0.2, 0) is 0 Å². The normalized spacial score (nSPS) is 12.0. The lowest BCUT2D eigenvalue weighted by atomic mass is 9.93. The van der Waals surface area contributed by atoms with Crippen LogP contribution in [-0.4, -0.2) is 26.9 Å². The van der Waals surface area contributed by atoms with Crippen molar-refractivity contribution in [3.05, 3.63) is 82.0 Å². The van der Waals surface area contributed by atoms with Crippen LogP contribution in [0.4, 0.5) is 0 Å². The van der Waals surface area contributed by atoms with Gasteiger partial charge in [-0.05, 0) is 5.56 Å². The van der Waals surface area contributed by atoms with Crippen molar-refractivity contribution >= 4 is 0 Å². The summed E-state index contributed by atoms with van der Waals surface area (Å²) in [6.45, 7) is -0.226. The predicted molar refractivity (Wildman–Crippen MR) is 82.0 cm³/mol. The topological polar surface area (TPSA) is 84.7 Å². The first kappa shape index (κ1) is 13.9. The van der Waals surface area contributed by atoms with Crippen LogP contribution in [0.1, 0.15) is 17.2 Å². The monoisotopic (exact) mass is 294 g/mol. The van der Waals surface area contributed by atoms with E-state index in [4.69, 9.17) is 0 Å². The van der Waals surface area contributed by atoms with Gasteiger partial charge in [0.2, 0.25) is 6.54 Å². The fourth-order valence-electron chi connectivity index (χ4n) is 2.47. The third-order valence-corrected chi connectivity index (χ3v) is 3.49. The highest BCUT2D eigenvalue weighted by Gasteiger charge is 2.26. The number of hydrogen-bond acceptors (Lipinski definition) is 4. The molecule has 3 aromatic rings. The lowest BCUT2D eigenvalue weighted by Gasteiger charge is -2.12. The van der Waals surface area contributed by atoms with E-state index in [-0.39, 0.29) is 11.5 Å². The summed E-state index contributed by atoms with van der Waals surface area (Å²) in [5.74, 6) is -0.440. The third kappa shape index (κ3) is 2.85. The maximum atomic E-state index is 11.1. The summed E-state index contributed by atoms with van der Waals surface area (Å²) in [6, 6.07) is 18.9. The Morgan fingerprint density at radius 3 is 2.27 bits per heavy atom. The summed E-state index contributed by atoms with van der Waals surface area (Å²) in [5.41, 5.74) is 2.98. The van der Waals surface area contributed by atoms with Crippen LogP contribution in [0, 0.1) is 10.1 Å². The number of nitrogens with one attached hydrogen (secondary N) is 1. The molecule has 1 N–H and O–H groups in total. The fourth-order valence-corrected chi connectivity index (χ4v) is 2.47. The second kappa shape index (κ2) is 6.17. The van der Waals surface area contributed by atoms with Crippen LogP contribution in [0.5, 0.6) is 0 Å². The molecule has 1 unspecified atom stereocenters. The van der Waals surface area contributed by atoms with Gasteiger partial charge in [0.1, 0.15) is 11.4 Å². The Bertz CT molecular complexity index is 756. The van der Waals surface area contributed by atoms with E-state index in [1.54, 1.807) is 0 Å². The summed E-state index contributed by atoms with van der Waals surface area (Å²) in [4.78, 5) is 10.8. The summed E-state index contributed by atoms with van der Waals surface area (Å²) < 4.78 is 0. The number of nitro groups is 1. The Morgan fingerprint density at radius 2 is 1.64 bits per heavy atom. The van der Waals surface area contributed by atoms with E-state index in [2.05, 4.69) is 15.4 Å². The van der Waals surface area contributed by atoms with Gasteiger partial charge in [-0.3, -0.25) is 10.1 Å². The van der Waals surface area contributed by atoms with Crippen molar-refractivity contribution in [2.45, 2.75) is 5.92 Å². The molecule has 0 aliphatic rings. The minimum Gasteiger partial charge on any atom is -0.265 e. The van der Waals surface area contributed by atoms with Crippen molar-refractivity contribution in [3.63, 3.8) is 0 Å². The van der Waals surface area contributed by atoms with Crippen LogP contribution in [0.25, 0.3) is 11.3 Å². The van der Waals surface area contributed by atoms with E-state index in [0.29, 0.717) is 11.4 Å². The summed E-state index contributed by atoms with van der Waals surface area (Å²) >= 11 is 0. The number of benzene rings is 2. The zero-order valence-electron chi connectivity index (χ0n) is 11.7. The molecular formula is C16H14N4O2. The molecule has 6 heteroatoms. The van der Waals surface area contributed by atoms with Crippen LogP contribution >= 0.6 is 0 Å². The second-order valence-corrected chi connectivity index (χ2v) is 4.90. The zero-order valence-corrected chi connectivity index (χ0v) is 11.7. The van der Waals surface area contributed by atoms with Crippen molar-refractivity contribution in [2.75, 3.05) is 6.54 Å². The summed E-state index contributed by atoms with van der Waals surface area (Å²) in [6.07, 6.45) is 0. The minimum absolute atomic E-state index is 0.226. The van der Waals surface area contributed by atoms with E-state index in [9.17, 15) is 10.1 Å². The molecule has 0 saturated carbocycles. The highest BCUT2D eigenvalue weighted by atomic mass is 16.6. The Morgan fingerprint density at radius 1 is 1.00 bits per heavy atom. The lowest BCUT2D eigenvalue weighted by molar-refractivity contribution is -0.481. The van der Waals surface area contributed by atoms with E-state index in [1.807, 2.05) is 60.7 Å². The molecule has 0 fully saturated rings. The highest BCUT2D eigenvalue weighted by Crippen LogP contribution is 2.30. The van der Waals surface area contributed by atoms with E-state index < -0.39 is 5.92 Å². The van der Waals surface area contributed by atoms with Gasteiger partial charge < -0.3 is 0 Å². The van der Waals surface area contributed by atoms with Crippen molar-refractivity contribution in [1.82, 2.24) is 15.4 Å². The molecule has 110 valence electrons. The molecule has 1 heterocycles. The number of aromatic nitrogens is 3. The fraction of sp³-hybridized carbons (Fsp3) is 0.125. The molecule has 6 nitrogen and oxygen atoms in total. The maximum Gasteiger partial charge on any atom is 0.216 e. The van der Waals surface area contributed by atoms with Gasteiger partial charge in [0, 0.05) is 10.5 Å². The van der Waals surface area contributed by atoms with Crippen molar-refractivity contribution < 1.29 is 4.92 Å². The average molecular weight is 294 g/mol. The molecule has 1 aromatic heterocycles. The molecule has 0 spiro atoms. The average Bonchev–Trinajstić information content (AvgIpc) is 3.03. The molecule has 3 rings (SSSR count). The quantitative estimate of drug-likeness (QED) is 0.579. The van der Waals surface area contributed by atoms with E-state index >= 15 is 0 Å². The van der Waals surface area contributed by atoms with Crippen LogP contribution < -0.4 is 0 Å². The summed E-state index contributed by atoms with van der Waals surface area (Å²) in [5, 5.41) is 22.0. The molecule has 0 aliphatic heterocycles. The minimum atomic E-state index is -0.440. The Kier molecular flexibility index (Phi) is 3.91. The van der Waals surface area contributed by atoms with Crippen LogP contribution in [0.2, 0.25) is 0 Å². The predicted octanol–water partition coefficient (Wildman–Crippen LogP) is 2.88. The lowest BCUT2D eigenvalue weighted by Crippen LogP contribution is -2.15. The van der Waals surface area contributed by atoms with Crippen molar-refractivity contribution in [1.29, 1.82) is 0 Å². The standard InChI is InChI=1S/C16H14N4O2/c21-20(22)11-14(12-7-3-1-4-8-12)16-15(17-19-18-16)13-9-5-2-6-10-13/h1-10,14H,11H2,(H,17,18,19). The molecule has 2 aromatic carbocycles. The Hall–Kier alpha value is -3.02. The largest absolute Gasteiger partial charge is 0.265 e. The Balaban J connectivity index is 2.06. The number of H-pyrrole nitrogens is 1. The molecule has 22 heavy (non-hydrogen) atoms. The number of hydrogen-bond donors (Lipinski definition) is 1. The van der Waals surface area contributed by atoms with Gasteiger partial charge in [0.25, 0.3) is 0 Å². The molecule has 1 atom stereocenters. The molecule has 0 bridgehead atoms. The SMILES string of the molecule is O=[N+]([O-])CC(c1ccccc1)c1n[nH]nc1-c1ccccc1. The first-order valence-electron chi connectivity index (χ1n) is 6.88. The first-order valence-corrected chi connectivity index (χ1v) is 6.88. The molecule has 0 aliphatic carbocycles. The van der Waals surface area contributed by atoms with E-state index in [0.717, 1.165) is 11.1 Å². The van der Waals surface area contributed by atoms with Gasteiger partial charge >= 0.3 is 0 Å². The number of aromatic amines is 1. The van der Waals surface area contributed by atoms with Gasteiger partial charge in [-0.1, -0.05) is 60.7 Å². The van der Waals surface area contributed by atoms with Gasteiger partial charge in [-0.2, -0.15) is 15.4 Å². The van der Waals surface area contributed by atoms with Crippen molar-refractivity contribution in [3.8, 4) is 11.3 Å².